The van der Waals surface area contributed by atoms with Crippen LogP contribution in [-0.4, -0.2) is 4.92 Å². The van der Waals surface area contributed by atoms with Crippen molar-refractivity contribution in [1.82, 2.24) is 0 Å². The summed E-state index contributed by atoms with van der Waals surface area (Å²) in [4.78, 5) is 11.4. The van der Waals surface area contributed by atoms with Crippen LogP contribution >= 0.6 is 0 Å². The quantitative estimate of drug-likeness (QED) is 0.208. The zero-order valence-corrected chi connectivity index (χ0v) is 19.3. The number of hydrogen-bond donors (Lipinski definition) is 0. The van der Waals surface area contributed by atoms with Crippen molar-refractivity contribution in [2.75, 3.05) is 0 Å². The van der Waals surface area contributed by atoms with Gasteiger partial charge in [0.1, 0.15) is 0 Å². The molecule has 0 saturated carbocycles. The van der Waals surface area contributed by atoms with Crippen molar-refractivity contribution in [1.29, 1.82) is 0 Å². The Morgan fingerprint density at radius 2 is 0.972 bits per heavy atom. The summed E-state index contributed by atoms with van der Waals surface area (Å²) in [5.41, 5.74) is 5.12. The normalized spacial score (nSPS) is 11.0. The summed E-state index contributed by atoms with van der Waals surface area (Å²) in [6, 6.07) is 34.6. The highest BCUT2D eigenvalue weighted by atomic mass is 35.7. The molecule has 0 atom stereocenters. The minimum atomic E-state index is -4.94. The predicted octanol–water partition coefficient (Wildman–Crippen LogP) is 2.82. The van der Waals surface area contributed by atoms with E-state index in [0.29, 0.717) is 17.1 Å². The third kappa shape index (κ3) is 6.08. The van der Waals surface area contributed by atoms with Crippen molar-refractivity contribution in [3.05, 3.63) is 119 Å². The van der Waals surface area contributed by atoms with Crippen molar-refractivity contribution in [2.45, 2.75) is 0 Å². The maximum atomic E-state index is 11.7. The van der Waals surface area contributed by atoms with Crippen LogP contribution in [0.2, 0.25) is 0 Å². The number of hydrogen-bond acceptors (Lipinski definition) is 6. The molecule has 3 aromatic rings. The Morgan fingerprint density at radius 3 is 1.42 bits per heavy atom. The maximum Gasteiger partial charge on any atom is 0.361 e. The topological polar surface area (TPSA) is 147 Å². The third-order valence-corrected chi connectivity index (χ3v) is 5.30. The van der Waals surface area contributed by atoms with Crippen LogP contribution in [0, 0.1) is 20.4 Å². The van der Waals surface area contributed by atoms with E-state index in [2.05, 4.69) is 0 Å². The van der Waals surface area contributed by atoms with Gasteiger partial charge in [0.2, 0.25) is 0 Å². The van der Waals surface area contributed by atoms with Crippen LogP contribution in [0.5, 0.6) is 0 Å². The van der Waals surface area contributed by atoms with Crippen LogP contribution in [0.3, 0.4) is 0 Å². The fraction of sp³-hybridized carbons (Fsp3) is 0. The summed E-state index contributed by atoms with van der Waals surface area (Å²) in [7, 11) is -4.94. The van der Waals surface area contributed by atoms with E-state index in [1.165, 1.54) is 0 Å². The van der Waals surface area contributed by atoms with Crippen molar-refractivity contribution < 1.29 is 38.2 Å². The number of benzene rings is 2. The monoisotopic (exact) mass is 503 g/mol. The molecule has 0 unspecified atom stereocenters. The summed E-state index contributed by atoms with van der Waals surface area (Å²) >= 11 is 0. The van der Waals surface area contributed by atoms with Gasteiger partial charge in [0.15, 0.2) is 0 Å². The van der Waals surface area contributed by atoms with E-state index < -0.39 is 10.2 Å². The molecule has 0 aliphatic heterocycles. The number of fused-ring (bicyclic) bond motifs is 1. The predicted molar refractivity (Wildman–Crippen MR) is 123 cm³/mol. The number of nitrogens with zero attached hydrogens (tertiary/aromatic N) is 1. The van der Waals surface area contributed by atoms with Crippen LogP contribution < -0.4 is 18.6 Å². The van der Waals surface area contributed by atoms with Gasteiger partial charge in [0, 0.05) is 11.6 Å². The molecule has 2 aromatic carbocycles. The first-order valence-corrected chi connectivity index (χ1v) is 11.8. The minimum Gasteiger partial charge on any atom is -0.258 e. The van der Waals surface area contributed by atoms with Gasteiger partial charge in [-0.15, -0.1) is 10.2 Å². The smallest absolute Gasteiger partial charge is 0.258 e. The summed E-state index contributed by atoms with van der Waals surface area (Å²) in [6.07, 6.45) is 0. The molecule has 5 rings (SSSR count). The van der Waals surface area contributed by atoms with Gasteiger partial charge in [-0.3, -0.25) is 10.1 Å². The minimum absolute atomic E-state index is 0.101. The van der Waals surface area contributed by atoms with Gasteiger partial charge in [0.05, 0.1) is 33.7 Å². The zero-order valence-electron chi connectivity index (χ0n) is 18.6. The first-order chi connectivity index (χ1) is 17.2. The zero-order chi connectivity index (χ0) is 25.7. The van der Waals surface area contributed by atoms with Gasteiger partial charge in [-0.25, -0.2) is 23.1 Å². The Bertz CT molecular complexity index is 1390. The number of nitro groups is 1. The third-order valence-electron chi connectivity index (χ3n) is 5.30. The van der Waals surface area contributed by atoms with Crippen molar-refractivity contribution in [3.63, 3.8) is 0 Å². The summed E-state index contributed by atoms with van der Waals surface area (Å²) in [5.74, 6) is 1.41. The Labute approximate surface area is 208 Å². The second-order valence-electron chi connectivity index (χ2n) is 7.62. The molecule has 0 bridgehead atoms. The van der Waals surface area contributed by atoms with Gasteiger partial charge in [-0.05, 0) is 41.5 Å². The lowest BCUT2D eigenvalue weighted by Crippen LogP contribution is -2.68. The van der Waals surface area contributed by atoms with E-state index in [4.69, 9.17) is 23.1 Å². The largest absolute Gasteiger partial charge is 0.361 e. The molecule has 36 heavy (non-hydrogen) atoms. The number of halogens is 1. The Balaban J connectivity index is 0.000000556. The summed E-state index contributed by atoms with van der Waals surface area (Å²) in [6.45, 7) is 0. The average Bonchev–Trinajstić information content (AvgIpc) is 3.05. The molecule has 0 radical (unpaired) electrons. The molecule has 0 fully saturated rings. The van der Waals surface area contributed by atoms with Crippen molar-refractivity contribution in [3.8, 4) is 44.9 Å². The van der Waals surface area contributed by atoms with Crippen LogP contribution in [0.4, 0.5) is 5.69 Å². The maximum absolute atomic E-state index is 11.7. The highest BCUT2D eigenvalue weighted by Gasteiger charge is 2.27. The second kappa shape index (κ2) is 10.6. The van der Waals surface area contributed by atoms with Crippen molar-refractivity contribution >= 4 is 5.69 Å². The van der Waals surface area contributed by atoms with Crippen LogP contribution in [0.1, 0.15) is 0 Å². The fourth-order valence-corrected chi connectivity index (χ4v) is 3.83. The molecule has 1 heterocycles. The molecule has 2 aliphatic rings. The number of rotatable bonds is 4. The Kier molecular flexibility index (Phi) is 7.35. The molecule has 1 aromatic heterocycles. The SMILES string of the molecule is O=[N+]([O-])c1cc(-c2cc(-c3ccccc3)[o+]c(-c3ccccc3)c2)c2cccccc1-2.[O-][Cl+3]([O-])([O-])[O-]. The molecule has 180 valence electrons. The van der Waals surface area contributed by atoms with Gasteiger partial charge >= 0.3 is 11.5 Å². The van der Waals surface area contributed by atoms with E-state index >= 15 is 0 Å². The molecule has 0 amide bonds. The lowest BCUT2D eigenvalue weighted by Gasteiger charge is -2.17. The van der Waals surface area contributed by atoms with Crippen LogP contribution in [0.25, 0.3) is 44.9 Å². The molecule has 2 aliphatic carbocycles. The average molecular weight is 504 g/mol. The second-order valence-corrected chi connectivity index (χ2v) is 8.38. The molecular formula is C27H18ClNO7. The van der Waals surface area contributed by atoms with Gasteiger partial charge in [0.25, 0.3) is 5.69 Å². The Morgan fingerprint density at radius 1 is 0.556 bits per heavy atom. The summed E-state index contributed by atoms with van der Waals surface area (Å²) in [5, 5.41) is 11.7. The standard InChI is InChI=1S/C27H18NO3.ClHO4/c29-28(30)25-18-24(22-14-8-3-9-15-23(22)25)21-16-26(19-10-4-1-5-11-19)31-27(17-21)20-12-6-2-7-13-20;2-1(3,4)5/h1-18H;(H,2,3,4,5)/q+1;/p-1. The van der Waals surface area contributed by atoms with E-state index in [-0.39, 0.29) is 10.6 Å². The Hall–Kier alpha value is -4.18. The highest BCUT2D eigenvalue weighted by Crippen LogP contribution is 2.44. The molecule has 0 spiro atoms. The molecule has 8 nitrogen and oxygen atoms in total. The first-order valence-electron chi connectivity index (χ1n) is 10.6. The van der Waals surface area contributed by atoms with E-state index in [1.807, 2.05) is 97.1 Å². The first kappa shape index (κ1) is 24.9. The molecule has 9 heteroatoms. The van der Waals surface area contributed by atoms with Crippen molar-refractivity contribution in [2.24, 2.45) is 0 Å². The van der Waals surface area contributed by atoms with Gasteiger partial charge in [-0.2, -0.15) is 0 Å². The van der Waals surface area contributed by atoms with Gasteiger partial charge < -0.3 is 0 Å². The molecule has 0 saturated heterocycles. The van der Waals surface area contributed by atoms with Crippen LogP contribution in [-0.2, 0) is 0 Å². The van der Waals surface area contributed by atoms with E-state index in [9.17, 15) is 10.1 Å². The molecular weight excluding hydrogens is 486 g/mol. The summed E-state index contributed by atoms with van der Waals surface area (Å²) < 4.78 is 40.2. The lowest BCUT2D eigenvalue weighted by atomic mass is 10.00. The molecule has 0 N–H and O–H groups in total. The van der Waals surface area contributed by atoms with E-state index in [1.54, 1.807) is 12.1 Å². The van der Waals surface area contributed by atoms with Gasteiger partial charge in [-0.1, -0.05) is 60.7 Å². The van der Waals surface area contributed by atoms with Crippen LogP contribution in [0.15, 0.2) is 114 Å². The van der Waals surface area contributed by atoms with E-state index in [0.717, 1.165) is 27.8 Å². The fourth-order valence-electron chi connectivity index (χ4n) is 3.83. The lowest BCUT2D eigenvalue weighted by molar-refractivity contribution is -2.00. The highest BCUT2D eigenvalue weighted by molar-refractivity contribution is 5.94.